The van der Waals surface area contributed by atoms with E-state index in [1.54, 1.807) is 6.21 Å². The van der Waals surface area contributed by atoms with Crippen LogP contribution in [0.1, 0.15) is 39.0 Å². The Morgan fingerprint density at radius 1 is 1.23 bits per heavy atom. The molecule has 1 heterocycles. The standard InChI is InChI=1S/C18H26N2O2/c1-2-3-4-5-6-11-19-13-15(21)14-22-18-9-7-8-17-16(18)10-12-20-17/h7-10,12-13,15,20-21H,2-6,11,14H2,1H3/t15-/m0/s1. The molecule has 0 unspecified atom stereocenters. The molecule has 1 atom stereocenters. The molecule has 0 radical (unpaired) electrons. The summed E-state index contributed by atoms with van der Waals surface area (Å²) in [4.78, 5) is 7.41. The molecule has 22 heavy (non-hydrogen) atoms. The normalized spacial score (nSPS) is 13.0. The van der Waals surface area contributed by atoms with Crippen LogP contribution < -0.4 is 4.74 Å². The highest BCUT2D eigenvalue weighted by Gasteiger charge is 2.05. The molecule has 0 spiro atoms. The molecule has 0 saturated heterocycles. The van der Waals surface area contributed by atoms with E-state index in [0.29, 0.717) is 0 Å². The van der Waals surface area contributed by atoms with Crippen molar-refractivity contribution in [3.63, 3.8) is 0 Å². The van der Waals surface area contributed by atoms with E-state index in [0.717, 1.165) is 29.6 Å². The summed E-state index contributed by atoms with van der Waals surface area (Å²) in [6.45, 7) is 3.22. The molecule has 4 heteroatoms. The number of hydrogen-bond acceptors (Lipinski definition) is 3. The Balaban J connectivity index is 1.69. The molecule has 0 aliphatic heterocycles. The zero-order valence-electron chi connectivity index (χ0n) is 13.3. The Labute approximate surface area is 132 Å². The monoisotopic (exact) mass is 302 g/mol. The number of rotatable bonds is 10. The van der Waals surface area contributed by atoms with Crippen LogP contribution in [0.15, 0.2) is 35.5 Å². The Morgan fingerprint density at radius 2 is 2.09 bits per heavy atom. The van der Waals surface area contributed by atoms with Crippen LogP contribution >= 0.6 is 0 Å². The molecule has 0 saturated carbocycles. The quantitative estimate of drug-likeness (QED) is 0.516. The van der Waals surface area contributed by atoms with Gasteiger partial charge in [-0.3, -0.25) is 4.99 Å². The van der Waals surface area contributed by atoms with Crippen LogP contribution in [0.3, 0.4) is 0 Å². The van der Waals surface area contributed by atoms with Crippen molar-refractivity contribution in [3.05, 3.63) is 30.5 Å². The number of ether oxygens (including phenoxy) is 1. The average Bonchev–Trinajstić information content (AvgIpc) is 3.01. The predicted molar refractivity (Wildman–Crippen MR) is 91.9 cm³/mol. The molecule has 0 aliphatic carbocycles. The first-order valence-electron chi connectivity index (χ1n) is 8.18. The van der Waals surface area contributed by atoms with Crippen LogP contribution in [0.25, 0.3) is 10.9 Å². The number of unbranched alkanes of at least 4 members (excludes halogenated alkanes) is 4. The SMILES string of the molecule is CCCCCCCN=C[C@H](O)COc1cccc2[nH]ccc12. The Hall–Kier alpha value is -1.81. The maximum absolute atomic E-state index is 9.89. The van der Waals surface area contributed by atoms with Gasteiger partial charge in [0.2, 0.25) is 0 Å². The van der Waals surface area contributed by atoms with Gasteiger partial charge in [-0.25, -0.2) is 0 Å². The summed E-state index contributed by atoms with van der Waals surface area (Å²) in [6.07, 6.45) is 8.95. The smallest absolute Gasteiger partial charge is 0.128 e. The Morgan fingerprint density at radius 3 is 2.95 bits per heavy atom. The van der Waals surface area contributed by atoms with Crippen molar-refractivity contribution in [2.24, 2.45) is 4.99 Å². The minimum absolute atomic E-state index is 0.226. The van der Waals surface area contributed by atoms with Crippen molar-refractivity contribution >= 4 is 17.1 Å². The summed E-state index contributed by atoms with van der Waals surface area (Å²) in [5.74, 6) is 0.783. The van der Waals surface area contributed by atoms with Crippen molar-refractivity contribution in [3.8, 4) is 5.75 Å². The summed E-state index contributed by atoms with van der Waals surface area (Å²) in [6, 6.07) is 7.82. The molecule has 1 aromatic carbocycles. The van der Waals surface area contributed by atoms with Gasteiger partial charge >= 0.3 is 0 Å². The number of H-pyrrole nitrogens is 1. The summed E-state index contributed by atoms with van der Waals surface area (Å²) in [5.41, 5.74) is 1.03. The number of benzene rings is 1. The summed E-state index contributed by atoms with van der Waals surface area (Å²) in [5, 5.41) is 10.9. The number of aliphatic hydroxyl groups excluding tert-OH is 1. The van der Waals surface area contributed by atoms with Crippen molar-refractivity contribution < 1.29 is 9.84 Å². The summed E-state index contributed by atoms with van der Waals surface area (Å²) < 4.78 is 5.69. The average molecular weight is 302 g/mol. The number of hydrogen-bond donors (Lipinski definition) is 2. The van der Waals surface area contributed by atoms with Gasteiger partial charge in [0, 0.05) is 29.9 Å². The van der Waals surface area contributed by atoms with Gasteiger partial charge in [0.1, 0.15) is 18.5 Å². The molecule has 2 N–H and O–H groups in total. The van der Waals surface area contributed by atoms with Crippen LogP contribution in [0.4, 0.5) is 0 Å². The first-order chi connectivity index (χ1) is 10.8. The van der Waals surface area contributed by atoms with Crippen LogP contribution in [-0.2, 0) is 0 Å². The summed E-state index contributed by atoms with van der Waals surface area (Å²) >= 11 is 0. The third-order valence-electron chi connectivity index (χ3n) is 3.63. The predicted octanol–water partition coefficient (Wildman–Crippen LogP) is 3.95. The zero-order valence-corrected chi connectivity index (χ0v) is 13.3. The molecule has 2 rings (SSSR count). The molecule has 0 aliphatic rings. The second kappa shape index (κ2) is 9.26. The highest BCUT2D eigenvalue weighted by atomic mass is 16.5. The largest absolute Gasteiger partial charge is 0.490 e. The van der Waals surface area contributed by atoms with Crippen molar-refractivity contribution in [2.75, 3.05) is 13.2 Å². The Bertz CT molecular complexity index is 577. The van der Waals surface area contributed by atoms with Gasteiger partial charge in [-0.2, -0.15) is 0 Å². The van der Waals surface area contributed by atoms with Gasteiger partial charge in [0.15, 0.2) is 0 Å². The van der Waals surface area contributed by atoms with Gasteiger partial charge in [0.05, 0.1) is 0 Å². The maximum Gasteiger partial charge on any atom is 0.128 e. The molecular formula is C18H26N2O2. The van der Waals surface area contributed by atoms with E-state index in [1.807, 2.05) is 30.5 Å². The van der Waals surface area contributed by atoms with E-state index in [1.165, 1.54) is 25.7 Å². The van der Waals surface area contributed by atoms with Gasteiger partial charge in [-0.05, 0) is 24.6 Å². The van der Waals surface area contributed by atoms with E-state index in [4.69, 9.17) is 4.74 Å². The van der Waals surface area contributed by atoms with E-state index in [-0.39, 0.29) is 6.61 Å². The number of fused-ring (bicyclic) bond motifs is 1. The lowest BCUT2D eigenvalue weighted by molar-refractivity contribution is 0.163. The van der Waals surface area contributed by atoms with E-state index < -0.39 is 6.10 Å². The lowest BCUT2D eigenvalue weighted by atomic mass is 10.1. The lowest BCUT2D eigenvalue weighted by Crippen LogP contribution is -2.19. The number of aliphatic hydroxyl groups is 1. The van der Waals surface area contributed by atoms with E-state index >= 15 is 0 Å². The fraction of sp³-hybridized carbons (Fsp3) is 0.500. The minimum atomic E-state index is -0.662. The molecule has 2 aromatic rings. The first kappa shape index (κ1) is 16.6. The lowest BCUT2D eigenvalue weighted by Gasteiger charge is -2.09. The van der Waals surface area contributed by atoms with Crippen LogP contribution in [-0.4, -0.2) is 35.6 Å². The van der Waals surface area contributed by atoms with Crippen molar-refractivity contribution in [2.45, 2.75) is 45.1 Å². The van der Waals surface area contributed by atoms with Gasteiger partial charge in [-0.15, -0.1) is 0 Å². The van der Waals surface area contributed by atoms with Gasteiger partial charge in [-0.1, -0.05) is 38.7 Å². The number of nitrogens with zero attached hydrogens (tertiary/aromatic N) is 1. The Kier molecular flexibility index (Phi) is 6.97. The fourth-order valence-corrected chi connectivity index (χ4v) is 2.40. The topological polar surface area (TPSA) is 57.6 Å². The number of aromatic amines is 1. The molecule has 0 fully saturated rings. The van der Waals surface area contributed by atoms with Crippen molar-refractivity contribution in [1.29, 1.82) is 0 Å². The number of nitrogens with one attached hydrogen (secondary N) is 1. The highest BCUT2D eigenvalue weighted by molar-refractivity contribution is 5.85. The molecule has 0 amide bonds. The number of aromatic nitrogens is 1. The molecule has 1 aromatic heterocycles. The third kappa shape index (κ3) is 5.19. The van der Waals surface area contributed by atoms with Crippen molar-refractivity contribution in [1.82, 2.24) is 4.98 Å². The summed E-state index contributed by atoms with van der Waals surface area (Å²) in [7, 11) is 0. The number of aliphatic imine (C=N–C) groups is 1. The van der Waals surface area contributed by atoms with Crippen LogP contribution in [0, 0.1) is 0 Å². The minimum Gasteiger partial charge on any atom is -0.490 e. The van der Waals surface area contributed by atoms with Gasteiger partial charge in [0.25, 0.3) is 0 Å². The highest BCUT2D eigenvalue weighted by Crippen LogP contribution is 2.24. The molecule has 4 nitrogen and oxygen atoms in total. The van der Waals surface area contributed by atoms with Gasteiger partial charge < -0.3 is 14.8 Å². The van der Waals surface area contributed by atoms with E-state index in [2.05, 4.69) is 16.9 Å². The fourth-order valence-electron chi connectivity index (χ4n) is 2.40. The first-order valence-corrected chi connectivity index (χ1v) is 8.18. The molecule has 120 valence electrons. The second-order valence-electron chi connectivity index (χ2n) is 5.54. The third-order valence-corrected chi connectivity index (χ3v) is 3.63. The molecular weight excluding hydrogens is 276 g/mol. The maximum atomic E-state index is 9.89. The zero-order chi connectivity index (χ0) is 15.6. The molecule has 0 bridgehead atoms. The van der Waals surface area contributed by atoms with Crippen LogP contribution in [0.2, 0.25) is 0 Å². The van der Waals surface area contributed by atoms with Crippen LogP contribution in [0.5, 0.6) is 5.75 Å². The second-order valence-corrected chi connectivity index (χ2v) is 5.54. The van der Waals surface area contributed by atoms with E-state index in [9.17, 15) is 5.11 Å².